The topological polar surface area (TPSA) is 62.3 Å². The zero-order chi connectivity index (χ0) is 22.5. The van der Waals surface area contributed by atoms with Gasteiger partial charge in [0, 0.05) is 64.4 Å². The van der Waals surface area contributed by atoms with E-state index in [0.29, 0.717) is 30.3 Å². The van der Waals surface area contributed by atoms with Gasteiger partial charge in [0.25, 0.3) is 5.91 Å². The molecule has 3 aliphatic rings. The Morgan fingerprint density at radius 2 is 1.78 bits per heavy atom. The molecule has 2 saturated heterocycles. The molecule has 2 amide bonds. The van der Waals surface area contributed by atoms with Crippen LogP contribution in [0.2, 0.25) is 0 Å². The molecular formula is C24H34FN3O4. The van der Waals surface area contributed by atoms with Crippen LogP contribution in [0.15, 0.2) is 24.3 Å². The molecule has 2 aliphatic heterocycles. The predicted octanol–water partition coefficient (Wildman–Crippen LogP) is 2.15. The molecule has 3 fully saturated rings. The van der Waals surface area contributed by atoms with E-state index in [1.807, 2.05) is 4.90 Å². The van der Waals surface area contributed by atoms with Crippen LogP contribution in [0.4, 0.5) is 4.39 Å². The molecule has 2 heterocycles. The lowest BCUT2D eigenvalue weighted by atomic mass is 10.0. The Hall–Kier alpha value is -2.19. The molecule has 1 saturated carbocycles. The van der Waals surface area contributed by atoms with Gasteiger partial charge in [-0.2, -0.15) is 0 Å². The van der Waals surface area contributed by atoms with Gasteiger partial charge in [0.15, 0.2) is 6.61 Å². The van der Waals surface area contributed by atoms with Crippen molar-refractivity contribution in [2.45, 2.75) is 44.2 Å². The van der Waals surface area contributed by atoms with Crippen LogP contribution in [0.25, 0.3) is 0 Å². The number of likely N-dealkylation sites (N-methyl/N-ethyl adjacent to an activating group) is 1. The van der Waals surface area contributed by atoms with Gasteiger partial charge >= 0.3 is 0 Å². The number of amides is 2. The van der Waals surface area contributed by atoms with Crippen molar-refractivity contribution >= 4 is 11.8 Å². The lowest BCUT2D eigenvalue weighted by Crippen LogP contribution is -2.50. The molecule has 0 bridgehead atoms. The van der Waals surface area contributed by atoms with E-state index >= 15 is 0 Å². The van der Waals surface area contributed by atoms with Gasteiger partial charge in [0.1, 0.15) is 11.6 Å². The summed E-state index contributed by atoms with van der Waals surface area (Å²) in [5.74, 6) is 0.611. The molecular weight excluding hydrogens is 413 g/mol. The number of likely N-dealkylation sites (tertiary alicyclic amines) is 1. The lowest BCUT2D eigenvalue weighted by molar-refractivity contribution is -0.132. The molecule has 1 atom stereocenters. The monoisotopic (exact) mass is 447 g/mol. The Morgan fingerprint density at radius 3 is 2.47 bits per heavy atom. The molecule has 0 N–H and O–H groups in total. The second-order valence-electron chi connectivity index (χ2n) is 9.14. The molecule has 0 aromatic heterocycles. The van der Waals surface area contributed by atoms with Crippen molar-refractivity contribution < 1.29 is 23.5 Å². The van der Waals surface area contributed by atoms with Gasteiger partial charge in [0.05, 0.1) is 0 Å². The van der Waals surface area contributed by atoms with Gasteiger partial charge in [0.2, 0.25) is 5.91 Å². The molecule has 0 radical (unpaired) electrons. The number of benzene rings is 1. The van der Waals surface area contributed by atoms with Gasteiger partial charge < -0.3 is 19.3 Å². The van der Waals surface area contributed by atoms with Crippen molar-refractivity contribution in [1.29, 1.82) is 0 Å². The molecule has 1 aromatic rings. The fourth-order valence-corrected chi connectivity index (χ4v) is 4.66. The number of hydrogen-bond donors (Lipinski definition) is 0. The molecule has 176 valence electrons. The van der Waals surface area contributed by atoms with E-state index in [1.165, 1.54) is 24.3 Å². The van der Waals surface area contributed by atoms with Crippen molar-refractivity contribution in [3.63, 3.8) is 0 Å². The molecule has 1 aliphatic carbocycles. The number of ether oxygens (including phenoxy) is 2. The Balaban J connectivity index is 1.29. The molecule has 1 unspecified atom stereocenters. The smallest absolute Gasteiger partial charge is 0.260 e. The molecule has 0 spiro atoms. The van der Waals surface area contributed by atoms with E-state index in [1.54, 1.807) is 11.9 Å². The van der Waals surface area contributed by atoms with Gasteiger partial charge in [-0.05, 0) is 56.4 Å². The number of rotatable bonds is 9. The van der Waals surface area contributed by atoms with Crippen molar-refractivity contribution in [3.8, 4) is 5.75 Å². The molecule has 32 heavy (non-hydrogen) atoms. The SMILES string of the molecule is CN(CCN(C1CCOCC1)C1CCN(C(=O)C2CC2)C1)C(=O)COc1ccc(F)cc1. The highest BCUT2D eigenvalue weighted by molar-refractivity contribution is 5.81. The van der Waals surface area contributed by atoms with E-state index in [4.69, 9.17) is 9.47 Å². The van der Waals surface area contributed by atoms with Crippen LogP contribution in [0.1, 0.15) is 32.1 Å². The maximum atomic E-state index is 13.0. The first-order chi connectivity index (χ1) is 15.5. The van der Waals surface area contributed by atoms with Crippen LogP contribution in [0.3, 0.4) is 0 Å². The first-order valence-electron chi connectivity index (χ1n) is 11.8. The summed E-state index contributed by atoms with van der Waals surface area (Å²) in [4.78, 5) is 31.3. The van der Waals surface area contributed by atoms with Crippen LogP contribution >= 0.6 is 0 Å². The predicted molar refractivity (Wildman–Crippen MR) is 118 cm³/mol. The van der Waals surface area contributed by atoms with Gasteiger partial charge in [-0.15, -0.1) is 0 Å². The molecule has 1 aromatic carbocycles. The summed E-state index contributed by atoms with van der Waals surface area (Å²) in [5.41, 5.74) is 0. The van der Waals surface area contributed by atoms with Gasteiger partial charge in [-0.1, -0.05) is 0 Å². The Labute approximate surface area is 189 Å². The highest BCUT2D eigenvalue weighted by Gasteiger charge is 2.39. The largest absolute Gasteiger partial charge is 0.484 e. The number of nitrogens with zero attached hydrogens (tertiary/aromatic N) is 3. The number of carbonyl (C=O) groups excluding carboxylic acids is 2. The minimum absolute atomic E-state index is 0.0769. The normalized spacial score (nSPS) is 21.7. The highest BCUT2D eigenvalue weighted by atomic mass is 19.1. The van der Waals surface area contributed by atoms with Crippen LogP contribution < -0.4 is 4.74 Å². The van der Waals surface area contributed by atoms with Gasteiger partial charge in [-0.25, -0.2) is 4.39 Å². The fourth-order valence-electron chi connectivity index (χ4n) is 4.66. The summed E-state index contributed by atoms with van der Waals surface area (Å²) in [6, 6.07) is 6.42. The van der Waals surface area contributed by atoms with Crippen LogP contribution in [0, 0.1) is 11.7 Å². The lowest BCUT2D eigenvalue weighted by Gasteiger charge is -2.39. The third-order valence-corrected chi connectivity index (χ3v) is 6.83. The summed E-state index contributed by atoms with van der Waals surface area (Å²) in [7, 11) is 1.79. The summed E-state index contributed by atoms with van der Waals surface area (Å²) in [6.45, 7) is 4.43. The maximum Gasteiger partial charge on any atom is 0.260 e. The van der Waals surface area contributed by atoms with Crippen LogP contribution in [-0.2, 0) is 14.3 Å². The summed E-state index contributed by atoms with van der Waals surface area (Å²) in [5, 5.41) is 0. The standard InChI is InChI=1S/C24H34FN3O4/c1-26(23(29)17-32-22-6-4-19(25)5-7-22)12-13-28(20-9-14-31-15-10-20)21-8-11-27(16-21)24(30)18-2-3-18/h4-7,18,20-21H,2-3,8-17H2,1H3. The molecule has 4 rings (SSSR count). The summed E-state index contributed by atoms with van der Waals surface area (Å²) < 4.78 is 24.1. The van der Waals surface area contributed by atoms with Crippen molar-refractivity contribution in [1.82, 2.24) is 14.7 Å². The zero-order valence-corrected chi connectivity index (χ0v) is 18.9. The van der Waals surface area contributed by atoms with Crippen molar-refractivity contribution in [2.24, 2.45) is 5.92 Å². The second-order valence-corrected chi connectivity index (χ2v) is 9.14. The second kappa shape index (κ2) is 10.6. The van der Waals surface area contributed by atoms with Crippen LogP contribution in [0.5, 0.6) is 5.75 Å². The van der Waals surface area contributed by atoms with Crippen molar-refractivity contribution in [2.75, 3.05) is 53.0 Å². The Kier molecular flexibility index (Phi) is 7.63. The number of carbonyl (C=O) groups is 2. The highest BCUT2D eigenvalue weighted by Crippen LogP contribution is 2.33. The number of halogens is 1. The maximum absolute atomic E-state index is 13.0. The van der Waals surface area contributed by atoms with E-state index in [0.717, 1.165) is 65.0 Å². The average Bonchev–Trinajstić information content (AvgIpc) is 3.56. The number of hydrogen-bond acceptors (Lipinski definition) is 5. The Morgan fingerprint density at radius 1 is 1.06 bits per heavy atom. The molecule has 8 heteroatoms. The molecule has 7 nitrogen and oxygen atoms in total. The quantitative estimate of drug-likeness (QED) is 0.581. The van der Waals surface area contributed by atoms with E-state index in [-0.39, 0.29) is 24.2 Å². The third kappa shape index (κ3) is 5.98. The first-order valence-corrected chi connectivity index (χ1v) is 11.8. The zero-order valence-electron chi connectivity index (χ0n) is 18.9. The van der Waals surface area contributed by atoms with E-state index in [2.05, 4.69) is 4.90 Å². The third-order valence-electron chi connectivity index (χ3n) is 6.83. The van der Waals surface area contributed by atoms with Gasteiger partial charge in [-0.3, -0.25) is 14.5 Å². The van der Waals surface area contributed by atoms with E-state index in [9.17, 15) is 14.0 Å². The summed E-state index contributed by atoms with van der Waals surface area (Å²) in [6.07, 6.45) is 5.03. The first kappa shape index (κ1) is 23.0. The fraction of sp³-hybridized carbons (Fsp3) is 0.667. The summed E-state index contributed by atoms with van der Waals surface area (Å²) >= 11 is 0. The Bertz CT molecular complexity index is 780. The minimum atomic E-state index is -0.335. The van der Waals surface area contributed by atoms with Crippen LogP contribution in [-0.4, -0.2) is 91.6 Å². The van der Waals surface area contributed by atoms with Crippen molar-refractivity contribution in [3.05, 3.63) is 30.1 Å². The average molecular weight is 448 g/mol. The van der Waals surface area contributed by atoms with E-state index < -0.39 is 0 Å². The minimum Gasteiger partial charge on any atom is -0.484 e.